The minimum atomic E-state index is -4.00. The molecule has 0 saturated heterocycles. The summed E-state index contributed by atoms with van der Waals surface area (Å²) in [6, 6.07) is 17.2. The van der Waals surface area contributed by atoms with E-state index in [1.54, 1.807) is 56.7 Å². The van der Waals surface area contributed by atoms with E-state index in [1.807, 2.05) is 45.9 Å². The molecular weight excluding hydrogens is 476 g/mol. The predicted octanol–water partition coefficient (Wildman–Crippen LogP) is 5.09. The first-order valence-electron chi connectivity index (χ1n) is 11.8. The summed E-state index contributed by atoms with van der Waals surface area (Å²) in [6.45, 7) is 7.27. The van der Waals surface area contributed by atoms with Gasteiger partial charge in [-0.05, 0) is 74.2 Å². The van der Waals surface area contributed by atoms with Crippen LogP contribution in [0.5, 0.6) is 11.5 Å². The van der Waals surface area contributed by atoms with Crippen LogP contribution in [0.2, 0.25) is 0 Å². The number of ether oxygens (including phenoxy) is 2. The number of anilines is 1. The Morgan fingerprint density at radius 2 is 1.61 bits per heavy atom. The number of nitrogens with one attached hydrogen (secondary N) is 1. The Labute approximate surface area is 214 Å². The second-order valence-electron chi connectivity index (χ2n) is 8.69. The molecule has 0 aliphatic rings. The summed E-state index contributed by atoms with van der Waals surface area (Å²) in [7, 11) is -0.879. The molecule has 0 aliphatic carbocycles. The molecular formula is C28H34N2O5S. The number of sulfonamides is 1. The molecule has 0 spiro atoms. The van der Waals surface area contributed by atoms with Crippen LogP contribution in [-0.2, 0) is 14.8 Å². The summed E-state index contributed by atoms with van der Waals surface area (Å²) in [6.07, 6.45) is 0.607. The van der Waals surface area contributed by atoms with E-state index in [1.165, 1.54) is 4.31 Å². The molecule has 0 fully saturated rings. The van der Waals surface area contributed by atoms with Crippen LogP contribution in [0.15, 0.2) is 65.6 Å². The molecule has 3 aromatic carbocycles. The van der Waals surface area contributed by atoms with Crippen molar-refractivity contribution in [1.82, 2.24) is 5.32 Å². The van der Waals surface area contributed by atoms with Crippen LogP contribution in [-0.4, -0.2) is 35.1 Å². The Kier molecular flexibility index (Phi) is 8.63. The highest BCUT2D eigenvalue weighted by Crippen LogP contribution is 2.32. The van der Waals surface area contributed by atoms with Crippen molar-refractivity contribution in [2.45, 2.75) is 45.1 Å². The van der Waals surface area contributed by atoms with Gasteiger partial charge in [0.15, 0.2) is 11.5 Å². The molecule has 8 heteroatoms. The third-order valence-electron chi connectivity index (χ3n) is 6.29. The van der Waals surface area contributed by atoms with Crippen LogP contribution in [0.4, 0.5) is 5.69 Å². The Morgan fingerprint density at radius 1 is 0.944 bits per heavy atom. The van der Waals surface area contributed by atoms with Crippen molar-refractivity contribution >= 4 is 21.6 Å². The Bertz CT molecular complexity index is 1320. The minimum Gasteiger partial charge on any atom is -0.493 e. The van der Waals surface area contributed by atoms with Crippen LogP contribution in [0.1, 0.15) is 41.6 Å². The fourth-order valence-corrected chi connectivity index (χ4v) is 5.48. The number of rotatable bonds is 10. The van der Waals surface area contributed by atoms with E-state index >= 15 is 0 Å². The molecule has 3 aromatic rings. The molecule has 0 radical (unpaired) electrons. The van der Waals surface area contributed by atoms with Crippen LogP contribution in [0.3, 0.4) is 0 Å². The van der Waals surface area contributed by atoms with Crippen molar-refractivity contribution in [3.8, 4) is 11.5 Å². The average molecular weight is 511 g/mol. The zero-order chi connectivity index (χ0) is 26.5. The quantitative estimate of drug-likeness (QED) is 0.411. The number of aryl methyl sites for hydroxylation is 2. The smallest absolute Gasteiger partial charge is 0.264 e. The normalized spacial score (nSPS) is 12.1. The summed E-state index contributed by atoms with van der Waals surface area (Å²) in [5, 5.41) is 3.00. The van der Waals surface area contributed by atoms with Crippen molar-refractivity contribution < 1.29 is 22.7 Å². The molecule has 1 atom stereocenters. The molecule has 1 unspecified atom stereocenters. The van der Waals surface area contributed by atoms with Crippen molar-refractivity contribution in [2.75, 3.05) is 25.1 Å². The number of nitrogens with zero attached hydrogens (tertiary/aromatic N) is 1. The third-order valence-corrected chi connectivity index (χ3v) is 8.07. The van der Waals surface area contributed by atoms with Gasteiger partial charge in [-0.1, -0.05) is 42.8 Å². The van der Waals surface area contributed by atoms with Gasteiger partial charge in [-0.25, -0.2) is 8.42 Å². The maximum Gasteiger partial charge on any atom is 0.264 e. The van der Waals surface area contributed by atoms with Crippen molar-refractivity contribution in [1.29, 1.82) is 0 Å². The minimum absolute atomic E-state index is 0.133. The van der Waals surface area contributed by atoms with Gasteiger partial charge in [-0.2, -0.15) is 0 Å². The molecule has 1 N–H and O–H groups in total. The van der Waals surface area contributed by atoms with E-state index in [-0.39, 0.29) is 17.5 Å². The number of hydrogen-bond donors (Lipinski definition) is 1. The van der Waals surface area contributed by atoms with E-state index in [0.717, 1.165) is 22.3 Å². The van der Waals surface area contributed by atoms with Gasteiger partial charge in [0.05, 0.1) is 30.8 Å². The van der Waals surface area contributed by atoms with Gasteiger partial charge >= 0.3 is 0 Å². The van der Waals surface area contributed by atoms with Gasteiger partial charge in [-0.3, -0.25) is 9.10 Å². The lowest BCUT2D eigenvalue weighted by molar-refractivity contribution is -0.120. The summed E-state index contributed by atoms with van der Waals surface area (Å²) in [4.78, 5) is 13.4. The van der Waals surface area contributed by atoms with Gasteiger partial charge in [-0.15, -0.1) is 0 Å². The summed E-state index contributed by atoms with van der Waals surface area (Å²) in [5.74, 6) is 0.739. The zero-order valence-corrected chi connectivity index (χ0v) is 22.5. The number of carbonyl (C=O) groups is 1. The Hall–Kier alpha value is -3.52. The number of methoxy groups -OCH3 is 2. The first-order chi connectivity index (χ1) is 17.1. The van der Waals surface area contributed by atoms with Gasteiger partial charge in [0.2, 0.25) is 5.91 Å². The van der Waals surface area contributed by atoms with E-state index < -0.39 is 15.9 Å². The number of benzene rings is 3. The highest BCUT2D eigenvalue weighted by atomic mass is 32.2. The van der Waals surface area contributed by atoms with Crippen LogP contribution < -0.4 is 19.1 Å². The monoisotopic (exact) mass is 510 g/mol. The fraction of sp³-hybridized carbons (Fsp3) is 0.321. The SMILES string of the molecule is CCC(NC(=O)CN(c1cccc(C)c1C)S(=O)(=O)c1ccc(C)cc1)c1ccc(OC)c(OC)c1. The molecule has 192 valence electrons. The lowest BCUT2D eigenvalue weighted by atomic mass is 10.0. The number of hydrogen-bond acceptors (Lipinski definition) is 5. The van der Waals surface area contributed by atoms with Crippen molar-refractivity contribution in [3.05, 3.63) is 82.9 Å². The van der Waals surface area contributed by atoms with Crippen LogP contribution >= 0.6 is 0 Å². The Balaban J connectivity index is 1.95. The van der Waals surface area contributed by atoms with Crippen LogP contribution in [0.25, 0.3) is 0 Å². The molecule has 1 amide bonds. The highest BCUT2D eigenvalue weighted by Gasteiger charge is 2.29. The van der Waals surface area contributed by atoms with Gasteiger partial charge in [0, 0.05) is 0 Å². The van der Waals surface area contributed by atoms with Gasteiger partial charge < -0.3 is 14.8 Å². The third kappa shape index (κ3) is 5.82. The molecule has 7 nitrogen and oxygen atoms in total. The van der Waals surface area contributed by atoms with Gasteiger partial charge in [0.25, 0.3) is 10.0 Å². The van der Waals surface area contributed by atoms with Crippen molar-refractivity contribution in [3.63, 3.8) is 0 Å². The first kappa shape index (κ1) is 27.1. The van der Waals surface area contributed by atoms with Gasteiger partial charge in [0.1, 0.15) is 6.54 Å². The lowest BCUT2D eigenvalue weighted by Gasteiger charge is -2.27. The largest absolute Gasteiger partial charge is 0.493 e. The number of amides is 1. The highest BCUT2D eigenvalue weighted by molar-refractivity contribution is 7.92. The summed E-state index contributed by atoms with van der Waals surface area (Å²) < 4.78 is 39.4. The second kappa shape index (κ2) is 11.5. The van der Waals surface area contributed by atoms with E-state index in [4.69, 9.17) is 9.47 Å². The second-order valence-corrected chi connectivity index (χ2v) is 10.5. The van der Waals surface area contributed by atoms with E-state index in [2.05, 4.69) is 5.32 Å². The predicted molar refractivity (Wildman–Crippen MR) is 142 cm³/mol. The molecule has 0 aromatic heterocycles. The first-order valence-corrected chi connectivity index (χ1v) is 13.2. The lowest BCUT2D eigenvalue weighted by Crippen LogP contribution is -2.42. The molecule has 3 rings (SSSR count). The van der Waals surface area contributed by atoms with Crippen molar-refractivity contribution in [2.24, 2.45) is 0 Å². The fourth-order valence-electron chi connectivity index (χ4n) is 4.00. The van der Waals surface area contributed by atoms with E-state index in [0.29, 0.717) is 23.6 Å². The molecule has 0 heterocycles. The topological polar surface area (TPSA) is 84.9 Å². The zero-order valence-electron chi connectivity index (χ0n) is 21.7. The molecule has 0 aliphatic heterocycles. The molecule has 0 saturated carbocycles. The summed E-state index contributed by atoms with van der Waals surface area (Å²) >= 11 is 0. The Morgan fingerprint density at radius 3 is 2.22 bits per heavy atom. The van der Waals surface area contributed by atoms with Crippen LogP contribution in [0, 0.1) is 20.8 Å². The average Bonchev–Trinajstić information content (AvgIpc) is 2.87. The standard InChI is InChI=1S/C28H34N2O5S/c1-7-24(22-13-16-26(34-5)27(17-22)35-6)29-28(31)18-30(25-10-8-9-20(3)21(25)4)36(32,33)23-14-11-19(2)12-15-23/h8-17,24H,7,18H2,1-6H3,(H,29,31). The van der Waals surface area contributed by atoms with E-state index in [9.17, 15) is 13.2 Å². The summed E-state index contributed by atoms with van der Waals surface area (Å²) in [5.41, 5.74) is 4.00. The molecule has 0 bridgehead atoms. The maximum atomic E-state index is 13.7. The maximum absolute atomic E-state index is 13.7. The molecule has 36 heavy (non-hydrogen) atoms. The number of carbonyl (C=O) groups excluding carboxylic acids is 1.